The van der Waals surface area contributed by atoms with Gasteiger partial charge in [0, 0.05) is 112 Å². The molecule has 0 rings (SSSR count). The Morgan fingerprint density at radius 1 is 0.289 bits per heavy atom. The van der Waals surface area contributed by atoms with Crippen LogP contribution in [-0.2, 0) is 18.3 Å². The predicted octanol–water partition coefficient (Wildman–Crippen LogP) is 5.92. The van der Waals surface area contributed by atoms with E-state index >= 15 is 0 Å². The van der Waals surface area contributed by atoms with Crippen LogP contribution in [0.1, 0.15) is 38.5 Å². The molecule has 0 aromatic carbocycles. The number of rotatable bonds is 21. The summed E-state index contributed by atoms with van der Waals surface area (Å²) in [4.78, 5) is 0. The Balaban J connectivity index is 5.74. The minimum absolute atomic E-state index is 0.0119. The molecule has 0 aliphatic rings. The topological polar surface area (TPSA) is 211 Å². The fraction of sp³-hybridized carbons (Fsp3) is 0.750. The molecule has 0 aliphatic carbocycles. The Bertz CT molecular complexity index is 1070. The number of nitrogens with zero attached hydrogens (tertiary/aromatic N) is 6. The molecule has 0 fully saturated rings. The van der Waals surface area contributed by atoms with E-state index in [1.807, 2.05) is 36.4 Å². The van der Waals surface area contributed by atoms with Crippen LogP contribution in [-0.4, -0.2) is 73.9 Å². The minimum Gasteiger partial charge on any atom is -0.323 e. The largest absolute Gasteiger partial charge is 0.323 e. The molecule has 0 saturated carbocycles. The van der Waals surface area contributed by atoms with Gasteiger partial charge in [0.25, 0.3) is 0 Å². The van der Waals surface area contributed by atoms with Gasteiger partial charge in [-0.3, -0.25) is 0 Å². The first-order chi connectivity index (χ1) is 18.0. The third-order valence-electron chi connectivity index (χ3n) is 6.53. The molecule has 0 amide bonds. The van der Waals surface area contributed by atoms with Crippen molar-refractivity contribution in [2.24, 2.45) is 0 Å². The molecule has 38 heavy (non-hydrogen) atoms. The van der Waals surface area contributed by atoms with Gasteiger partial charge in [0.1, 0.15) is 0 Å². The second-order valence-electron chi connectivity index (χ2n) is 9.36. The van der Waals surface area contributed by atoms with Crippen LogP contribution in [0.4, 0.5) is 0 Å². The Kier molecular flexibility index (Phi) is 17.9. The highest BCUT2D eigenvalue weighted by atomic mass is 31.2. The molecule has 0 bridgehead atoms. The fourth-order valence-corrected chi connectivity index (χ4v) is 18.4. The molecule has 2 atom stereocenters. The molecule has 0 aliphatic heterocycles. The summed E-state index contributed by atoms with van der Waals surface area (Å²) in [5.41, 5.74) is 0. The highest BCUT2D eigenvalue weighted by Crippen LogP contribution is 2.58. The van der Waals surface area contributed by atoms with Crippen molar-refractivity contribution < 1.29 is 18.3 Å². The molecule has 0 spiro atoms. The third kappa shape index (κ3) is 15.3. The maximum Gasteiger partial charge on any atom is 0.0902 e. The Morgan fingerprint density at radius 2 is 0.421 bits per heavy atom. The van der Waals surface area contributed by atoms with Crippen molar-refractivity contribution in [2.75, 3.05) is 73.9 Å². The number of hydrogen-bond acceptors (Lipinski definition) is 10. The SMILES string of the molecule is N#CCCP(=O)(CCC#N)CCP(=O)(CCC#N)CCP(=O)(CCC#N)CCP(=O)(CCC#N)CCC#N. The summed E-state index contributed by atoms with van der Waals surface area (Å²) < 4.78 is 54.4. The Morgan fingerprint density at radius 3 is 0.553 bits per heavy atom. The van der Waals surface area contributed by atoms with Gasteiger partial charge in [0.05, 0.1) is 65.0 Å². The van der Waals surface area contributed by atoms with Crippen LogP contribution in [0.3, 0.4) is 0 Å². The molecular weight excluding hydrogens is 560 g/mol. The van der Waals surface area contributed by atoms with E-state index in [-0.39, 0.29) is 112 Å². The second kappa shape index (κ2) is 19.0. The molecule has 2 unspecified atom stereocenters. The van der Waals surface area contributed by atoms with Crippen LogP contribution >= 0.6 is 28.6 Å². The van der Waals surface area contributed by atoms with E-state index in [1.54, 1.807) is 0 Å². The van der Waals surface area contributed by atoms with Crippen molar-refractivity contribution >= 4 is 28.6 Å². The average Bonchev–Trinajstić information content (AvgIpc) is 2.92. The standard InChI is InChI=1S/C24H36N6O4P4/c25-7-1-13-35(31,14-2-8-26)19-21-37(33,17-5-11-29)23-24-38(34,18-6-12-30)22-20-36(32,15-3-9-27)16-4-10-28/h1-6,13-24H2. The van der Waals surface area contributed by atoms with Crippen LogP contribution in [0, 0.1) is 68.0 Å². The highest BCUT2D eigenvalue weighted by Gasteiger charge is 2.33. The molecular formula is C24H36N6O4P4. The second-order valence-corrected chi connectivity index (χ2v) is 23.2. The highest BCUT2D eigenvalue weighted by molar-refractivity contribution is 7.70. The zero-order chi connectivity index (χ0) is 29.0. The quantitative estimate of drug-likeness (QED) is 0.143. The average molecular weight is 596 g/mol. The molecule has 0 aromatic heterocycles. The molecule has 0 saturated heterocycles. The van der Waals surface area contributed by atoms with Crippen LogP contribution in [0.15, 0.2) is 0 Å². The Hall–Kier alpha value is -2.14. The van der Waals surface area contributed by atoms with Crippen LogP contribution in [0.25, 0.3) is 0 Å². The van der Waals surface area contributed by atoms with E-state index in [9.17, 15) is 18.3 Å². The first kappa shape index (κ1) is 35.9. The molecule has 10 nitrogen and oxygen atoms in total. The zero-order valence-electron chi connectivity index (χ0n) is 21.8. The first-order valence-corrected chi connectivity index (χ1v) is 21.5. The van der Waals surface area contributed by atoms with Crippen LogP contribution < -0.4 is 0 Å². The molecule has 0 aromatic rings. The van der Waals surface area contributed by atoms with Gasteiger partial charge in [-0.2, -0.15) is 31.6 Å². The van der Waals surface area contributed by atoms with Crippen molar-refractivity contribution in [3.05, 3.63) is 0 Å². The number of nitriles is 6. The molecule has 0 N–H and O–H groups in total. The minimum atomic E-state index is -3.10. The Labute approximate surface area is 227 Å². The number of hydrogen-bond donors (Lipinski definition) is 0. The van der Waals surface area contributed by atoms with Gasteiger partial charge < -0.3 is 18.3 Å². The van der Waals surface area contributed by atoms with Crippen molar-refractivity contribution in [2.45, 2.75) is 38.5 Å². The van der Waals surface area contributed by atoms with Crippen molar-refractivity contribution in [3.8, 4) is 36.4 Å². The van der Waals surface area contributed by atoms with Gasteiger partial charge >= 0.3 is 0 Å². The zero-order valence-corrected chi connectivity index (χ0v) is 25.4. The van der Waals surface area contributed by atoms with E-state index in [2.05, 4.69) is 0 Å². The molecule has 0 heterocycles. The third-order valence-corrected chi connectivity index (χ3v) is 20.1. The van der Waals surface area contributed by atoms with E-state index < -0.39 is 28.6 Å². The maximum atomic E-state index is 13.9. The van der Waals surface area contributed by atoms with Gasteiger partial charge in [-0.25, -0.2) is 0 Å². The lowest BCUT2D eigenvalue weighted by molar-refractivity contribution is 0.565. The van der Waals surface area contributed by atoms with Crippen molar-refractivity contribution in [1.82, 2.24) is 0 Å². The van der Waals surface area contributed by atoms with E-state index in [1.165, 1.54) is 0 Å². The lowest BCUT2D eigenvalue weighted by Crippen LogP contribution is -2.13. The van der Waals surface area contributed by atoms with Gasteiger partial charge in [-0.05, 0) is 0 Å². The van der Waals surface area contributed by atoms with E-state index in [4.69, 9.17) is 31.6 Å². The maximum absolute atomic E-state index is 13.9. The summed E-state index contributed by atoms with van der Waals surface area (Å²) in [5, 5.41) is 53.8. The monoisotopic (exact) mass is 596 g/mol. The van der Waals surface area contributed by atoms with Crippen molar-refractivity contribution in [3.63, 3.8) is 0 Å². The molecule has 0 radical (unpaired) electrons. The van der Waals surface area contributed by atoms with Gasteiger partial charge in [0.2, 0.25) is 0 Å². The van der Waals surface area contributed by atoms with Crippen LogP contribution in [0.5, 0.6) is 0 Å². The van der Waals surface area contributed by atoms with Gasteiger partial charge in [-0.1, -0.05) is 0 Å². The van der Waals surface area contributed by atoms with E-state index in [0.717, 1.165) is 0 Å². The summed E-state index contributed by atoms with van der Waals surface area (Å²) in [6, 6.07) is 11.8. The molecule has 206 valence electrons. The fourth-order valence-electron chi connectivity index (χ4n) is 3.96. The normalized spacial score (nSPS) is 14.3. The first-order valence-electron chi connectivity index (χ1n) is 12.5. The lowest BCUT2D eigenvalue weighted by Gasteiger charge is -2.25. The smallest absolute Gasteiger partial charge is 0.0902 e. The molecule has 14 heteroatoms. The van der Waals surface area contributed by atoms with E-state index in [0.29, 0.717) is 0 Å². The van der Waals surface area contributed by atoms with Gasteiger partial charge in [0.15, 0.2) is 0 Å². The summed E-state index contributed by atoms with van der Waals surface area (Å²) >= 11 is 0. The van der Waals surface area contributed by atoms with Crippen molar-refractivity contribution in [1.29, 1.82) is 31.6 Å². The van der Waals surface area contributed by atoms with Gasteiger partial charge in [-0.15, -0.1) is 0 Å². The summed E-state index contributed by atoms with van der Waals surface area (Å²) in [5.74, 6) is 0. The lowest BCUT2D eigenvalue weighted by atomic mass is 10.5. The summed E-state index contributed by atoms with van der Waals surface area (Å²) in [7, 11) is -12.0. The predicted molar refractivity (Wildman–Crippen MR) is 150 cm³/mol. The van der Waals surface area contributed by atoms with Crippen LogP contribution in [0.2, 0.25) is 0 Å². The summed E-state index contributed by atoms with van der Waals surface area (Å²) in [6.07, 6.45) is 1.29. The summed E-state index contributed by atoms with van der Waals surface area (Å²) in [6.45, 7) is 0.